The Hall–Kier alpha value is -1.04. The first-order valence-electron chi connectivity index (χ1n) is 8.94. The first-order valence-corrected chi connectivity index (χ1v) is 8.94. The number of halogens is 2. The second-order valence-electron chi connectivity index (χ2n) is 6.91. The predicted octanol–water partition coefficient (Wildman–Crippen LogP) is 3.05. The molecule has 1 saturated carbocycles. The van der Waals surface area contributed by atoms with E-state index in [-0.39, 0.29) is 36.8 Å². The van der Waals surface area contributed by atoms with Crippen molar-refractivity contribution in [2.75, 3.05) is 18.0 Å². The van der Waals surface area contributed by atoms with Gasteiger partial charge in [0.2, 0.25) is 5.91 Å². The molecule has 2 fully saturated rings. The van der Waals surface area contributed by atoms with E-state index in [9.17, 15) is 4.79 Å². The standard InChI is InChI=1S/C18H28N4O.2ClH/c19-16-6-4-5-15(16)11-18(23)21-13-14-7-8-17(20-12-14)22-9-2-1-3-10-22;;/h7-8,12,15-16H,1-6,9-11,13,19H2,(H,21,23);2*1H/t15-,16+;;/m0../s1. The fourth-order valence-electron chi connectivity index (χ4n) is 3.66. The highest BCUT2D eigenvalue weighted by Gasteiger charge is 2.25. The Kier molecular flexibility index (Phi) is 9.54. The average molecular weight is 389 g/mol. The number of nitrogens with one attached hydrogen (secondary N) is 1. The second kappa shape index (κ2) is 10.8. The van der Waals surface area contributed by atoms with Gasteiger partial charge in [-0.15, -0.1) is 24.8 Å². The van der Waals surface area contributed by atoms with Gasteiger partial charge in [-0.2, -0.15) is 0 Å². The van der Waals surface area contributed by atoms with Crippen molar-refractivity contribution < 1.29 is 4.79 Å². The Morgan fingerprint density at radius 1 is 1.16 bits per heavy atom. The molecule has 7 heteroatoms. The Balaban J connectivity index is 0.00000156. The molecular weight excluding hydrogens is 359 g/mol. The molecule has 1 aliphatic heterocycles. The third kappa shape index (κ3) is 6.32. The van der Waals surface area contributed by atoms with E-state index in [1.807, 2.05) is 6.20 Å². The lowest BCUT2D eigenvalue weighted by atomic mass is 10.00. The Labute approximate surface area is 163 Å². The van der Waals surface area contributed by atoms with Crippen molar-refractivity contribution in [3.63, 3.8) is 0 Å². The highest BCUT2D eigenvalue weighted by atomic mass is 35.5. The van der Waals surface area contributed by atoms with Crippen molar-refractivity contribution in [1.29, 1.82) is 0 Å². The zero-order chi connectivity index (χ0) is 16.1. The Morgan fingerprint density at radius 3 is 2.52 bits per heavy atom. The molecule has 1 aromatic heterocycles. The summed E-state index contributed by atoms with van der Waals surface area (Å²) in [6.07, 6.45) is 9.56. The van der Waals surface area contributed by atoms with Crippen LogP contribution in [0.1, 0.15) is 50.5 Å². The molecule has 2 heterocycles. The molecule has 142 valence electrons. The van der Waals surface area contributed by atoms with E-state index in [0.29, 0.717) is 18.9 Å². The van der Waals surface area contributed by atoms with Gasteiger partial charge in [-0.25, -0.2) is 4.98 Å². The van der Waals surface area contributed by atoms with Gasteiger partial charge in [0.25, 0.3) is 0 Å². The topological polar surface area (TPSA) is 71.2 Å². The molecule has 0 spiro atoms. The van der Waals surface area contributed by atoms with Crippen LogP contribution in [0.15, 0.2) is 18.3 Å². The van der Waals surface area contributed by atoms with E-state index in [4.69, 9.17) is 5.73 Å². The summed E-state index contributed by atoms with van der Waals surface area (Å²) in [4.78, 5) is 18.9. The zero-order valence-corrected chi connectivity index (χ0v) is 16.3. The van der Waals surface area contributed by atoms with Crippen LogP contribution in [-0.4, -0.2) is 30.0 Å². The van der Waals surface area contributed by atoms with Crippen molar-refractivity contribution in [3.8, 4) is 0 Å². The van der Waals surface area contributed by atoms with Crippen molar-refractivity contribution in [3.05, 3.63) is 23.9 Å². The number of carbonyl (C=O) groups is 1. The summed E-state index contributed by atoms with van der Waals surface area (Å²) in [5, 5.41) is 3.00. The zero-order valence-electron chi connectivity index (χ0n) is 14.7. The minimum Gasteiger partial charge on any atom is -0.357 e. The molecule has 25 heavy (non-hydrogen) atoms. The normalized spacial score (nSPS) is 22.7. The van der Waals surface area contributed by atoms with Crippen LogP contribution in [0.5, 0.6) is 0 Å². The summed E-state index contributed by atoms with van der Waals surface area (Å²) >= 11 is 0. The predicted molar refractivity (Wildman–Crippen MR) is 107 cm³/mol. The molecule has 2 aliphatic rings. The number of amides is 1. The fraction of sp³-hybridized carbons (Fsp3) is 0.667. The van der Waals surface area contributed by atoms with Crippen molar-refractivity contribution in [2.24, 2.45) is 11.7 Å². The fourth-order valence-corrected chi connectivity index (χ4v) is 3.66. The number of piperidine rings is 1. The van der Waals surface area contributed by atoms with Gasteiger partial charge in [0.15, 0.2) is 0 Å². The van der Waals surface area contributed by atoms with E-state index < -0.39 is 0 Å². The van der Waals surface area contributed by atoms with E-state index >= 15 is 0 Å². The van der Waals surface area contributed by atoms with Crippen LogP contribution in [0.2, 0.25) is 0 Å². The molecule has 5 nitrogen and oxygen atoms in total. The lowest BCUT2D eigenvalue weighted by Gasteiger charge is -2.27. The summed E-state index contributed by atoms with van der Waals surface area (Å²) in [6, 6.07) is 4.34. The van der Waals surface area contributed by atoms with E-state index in [2.05, 4.69) is 27.3 Å². The van der Waals surface area contributed by atoms with Gasteiger partial charge in [-0.3, -0.25) is 4.79 Å². The molecular formula is C18H30Cl2N4O. The number of nitrogens with two attached hydrogens (primary N) is 1. The minimum absolute atomic E-state index is 0. The maximum absolute atomic E-state index is 12.0. The van der Waals surface area contributed by atoms with Crippen LogP contribution in [0, 0.1) is 5.92 Å². The van der Waals surface area contributed by atoms with Gasteiger partial charge in [0, 0.05) is 38.3 Å². The number of hydrogen-bond acceptors (Lipinski definition) is 4. The van der Waals surface area contributed by atoms with Gasteiger partial charge in [0.1, 0.15) is 5.82 Å². The van der Waals surface area contributed by atoms with Crippen molar-refractivity contribution in [1.82, 2.24) is 10.3 Å². The summed E-state index contributed by atoms with van der Waals surface area (Å²) in [5.74, 6) is 1.51. The highest BCUT2D eigenvalue weighted by molar-refractivity contribution is 5.85. The van der Waals surface area contributed by atoms with Crippen molar-refractivity contribution >= 4 is 36.5 Å². The van der Waals surface area contributed by atoms with Gasteiger partial charge in [-0.05, 0) is 49.7 Å². The molecule has 0 unspecified atom stereocenters. The lowest BCUT2D eigenvalue weighted by molar-refractivity contribution is -0.122. The van der Waals surface area contributed by atoms with E-state index in [1.165, 1.54) is 19.3 Å². The first-order chi connectivity index (χ1) is 11.2. The monoisotopic (exact) mass is 388 g/mol. The molecule has 1 amide bonds. The maximum Gasteiger partial charge on any atom is 0.220 e. The number of pyridine rings is 1. The van der Waals surface area contributed by atoms with Crippen LogP contribution in [-0.2, 0) is 11.3 Å². The van der Waals surface area contributed by atoms with Gasteiger partial charge < -0.3 is 16.0 Å². The van der Waals surface area contributed by atoms with Crippen LogP contribution in [0.3, 0.4) is 0 Å². The summed E-state index contributed by atoms with van der Waals surface area (Å²) in [6.45, 7) is 2.75. The number of nitrogens with zero attached hydrogens (tertiary/aromatic N) is 2. The third-order valence-corrected chi connectivity index (χ3v) is 5.14. The van der Waals surface area contributed by atoms with Crippen LogP contribution >= 0.6 is 24.8 Å². The van der Waals surface area contributed by atoms with E-state index in [1.54, 1.807) is 0 Å². The van der Waals surface area contributed by atoms with E-state index in [0.717, 1.165) is 43.7 Å². The minimum atomic E-state index is 0. The molecule has 1 aliphatic carbocycles. The lowest BCUT2D eigenvalue weighted by Crippen LogP contribution is -2.31. The molecule has 1 aromatic rings. The number of aromatic nitrogens is 1. The number of hydrogen-bond donors (Lipinski definition) is 2. The Morgan fingerprint density at radius 2 is 1.92 bits per heavy atom. The summed E-state index contributed by atoms with van der Waals surface area (Å²) in [7, 11) is 0. The third-order valence-electron chi connectivity index (χ3n) is 5.14. The first kappa shape index (κ1) is 22.0. The average Bonchev–Trinajstić information content (AvgIpc) is 2.99. The molecule has 3 rings (SSSR count). The molecule has 0 aromatic carbocycles. The van der Waals surface area contributed by atoms with Gasteiger partial charge >= 0.3 is 0 Å². The van der Waals surface area contributed by atoms with Crippen LogP contribution in [0.25, 0.3) is 0 Å². The smallest absolute Gasteiger partial charge is 0.220 e. The number of carbonyl (C=O) groups excluding carboxylic acids is 1. The van der Waals surface area contributed by atoms with Gasteiger partial charge in [0.05, 0.1) is 0 Å². The summed E-state index contributed by atoms with van der Waals surface area (Å²) in [5.41, 5.74) is 7.08. The molecule has 3 N–H and O–H groups in total. The molecule has 0 radical (unpaired) electrons. The van der Waals surface area contributed by atoms with Gasteiger partial charge in [-0.1, -0.05) is 12.5 Å². The number of rotatable bonds is 5. The van der Waals surface area contributed by atoms with Crippen molar-refractivity contribution in [2.45, 2.75) is 57.5 Å². The van der Waals surface area contributed by atoms with Crippen LogP contribution < -0.4 is 16.0 Å². The molecule has 0 bridgehead atoms. The largest absolute Gasteiger partial charge is 0.357 e. The molecule has 1 saturated heterocycles. The highest BCUT2D eigenvalue weighted by Crippen LogP contribution is 2.26. The quantitative estimate of drug-likeness (QED) is 0.812. The second-order valence-corrected chi connectivity index (χ2v) is 6.91. The maximum atomic E-state index is 12.0. The molecule has 2 atom stereocenters. The Bertz CT molecular complexity index is 520. The van der Waals surface area contributed by atoms with Crippen LogP contribution in [0.4, 0.5) is 5.82 Å². The SMILES string of the molecule is Cl.Cl.N[C@@H]1CCC[C@H]1CC(=O)NCc1ccc(N2CCCCC2)nc1. The summed E-state index contributed by atoms with van der Waals surface area (Å²) < 4.78 is 0. The number of anilines is 1.